The van der Waals surface area contributed by atoms with Gasteiger partial charge in [-0.2, -0.15) is 0 Å². The smallest absolute Gasteiger partial charge is 0.169 e. The van der Waals surface area contributed by atoms with E-state index in [1.54, 1.807) is 6.07 Å². The molecule has 1 unspecified atom stereocenters. The van der Waals surface area contributed by atoms with E-state index in [4.69, 9.17) is 4.74 Å². The second-order valence-electron chi connectivity index (χ2n) is 8.21. The van der Waals surface area contributed by atoms with Crippen LogP contribution in [-0.2, 0) is 0 Å². The van der Waals surface area contributed by atoms with Crippen LogP contribution in [0, 0.1) is 0 Å². The molecule has 0 bridgehead atoms. The molecule has 160 valence electrons. The number of aromatic hydroxyl groups is 1. The summed E-state index contributed by atoms with van der Waals surface area (Å²) in [6, 6.07) is 15.5. The van der Waals surface area contributed by atoms with Gasteiger partial charge in [-0.3, -0.25) is 0 Å². The third-order valence-electron chi connectivity index (χ3n) is 5.74. The first-order chi connectivity index (χ1) is 14.3. The van der Waals surface area contributed by atoms with Crippen molar-refractivity contribution >= 4 is 0 Å². The van der Waals surface area contributed by atoms with Crippen LogP contribution in [0.5, 0.6) is 17.2 Å². The minimum atomic E-state index is 0.188. The Hall–Kier alpha value is -1.96. The highest BCUT2D eigenvalue weighted by atomic mass is 16.5. The summed E-state index contributed by atoms with van der Waals surface area (Å²) < 4.78 is 6.11. The Morgan fingerprint density at radius 3 is 1.90 bits per heavy atom. The van der Waals surface area contributed by atoms with E-state index in [-0.39, 0.29) is 5.75 Å². The van der Waals surface area contributed by atoms with Gasteiger partial charge < -0.3 is 9.84 Å². The summed E-state index contributed by atoms with van der Waals surface area (Å²) in [5.74, 6) is 2.11. The van der Waals surface area contributed by atoms with Crippen LogP contribution in [0.4, 0.5) is 0 Å². The fourth-order valence-electron chi connectivity index (χ4n) is 4.08. The van der Waals surface area contributed by atoms with E-state index < -0.39 is 0 Å². The molecule has 0 aromatic heterocycles. The molecule has 0 aliphatic carbocycles. The molecule has 0 saturated carbocycles. The summed E-state index contributed by atoms with van der Waals surface area (Å²) in [5, 5.41) is 10.1. The Kier molecular flexibility index (Phi) is 11.3. The van der Waals surface area contributed by atoms with E-state index >= 15 is 0 Å². The van der Waals surface area contributed by atoms with Crippen LogP contribution >= 0.6 is 0 Å². The highest BCUT2D eigenvalue weighted by Gasteiger charge is 2.16. The Labute approximate surface area is 178 Å². The fourth-order valence-corrected chi connectivity index (χ4v) is 4.08. The first-order valence-electron chi connectivity index (χ1n) is 11.8. The number of benzene rings is 2. The Morgan fingerprint density at radius 2 is 1.24 bits per heavy atom. The molecule has 0 saturated heterocycles. The quantitative estimate of drug-likeness (QED) is 0.304. The second kappa shape index (κ2) is 14.1. The largest absolute Gasteiger partial charge is 0.504 e. The van der Waals surface area contributed by atoms with Crippen LogP contribution < -0.4 is 4.74 Å². The van der Waals surface area contributed by atoms with Gasteiger partial charge in [0.15, 0.2) is 11.5 Å². The predicted molar refractivity (Wildman–Crippen MR) is 124 cm³/mol. The standard InChI is InChI=1S/C27H40O2/c1-3-5-6-7-8-9-10-11-12-18-23(17-4-2)24-19-13-15-21-26(24)29-27-22-16-14-20-25(27)28/h13-16,19-23,28H,3-12,17-18H2,1-2H3. The topological polar surface area (TPSA) is 29.5 Å². The lowest BCUT2D eigenvalue weighted by molar-refractivity contribution is 0.403. The number of hydrogen-bond donors (Lipinski definition) is 1. The summed E-state index contributed by atoms with van der Waals surface area (Å²) in [6.45, 7) is 4.54. The average Bonchev–Trinajstić information content (AvgIpc) is 2.74. The normalized spacial score (nSPS) is 12.1. The number of rotatable bonds is 15. The first kappa shape index (κ1) is 23.3. The molecule has 29 heavy (non-hydrogen) atoms. The van der Waals surface area contributed by atoms with Crippen LogP contribution in [-0.4, -0.2) is 5.11 Å². The number of unbranched alkanes of at least 4 members (excludes halogenated alkanes) is 8. The summed E-state index contributed by atoms with van der Waals surface area (Å²) in [6.07, 6.45) is 15.9. The van der Waals surface area contributed by atoms with Gasteiger partial charge in [-0.25, -0.2) is 0 Å². The SMILES string of the molecule is CCCCCCCCCCCC(CCC)c1ccccc1Oc1ccccc1O. The maximum Gasteiger partial charge on any atom is 0.169 e. The lowest BCUT2D eigenvalue weighted by Crippen LogP contribution is -2.02. The maximum atomic E-state index is 10.1. The molecular weight excluding hydrogens is 356 g/mol. The zero-order valence-electron chi connectivity index (χ0n) is 18.5. The lowest BCUT2D eigenvalue weighted by atomic mass is 9.88. The van der Waals surface area contributed by atoms with Crippen molar-refractivity contribution < 1.29 is 9.84 Å². The highest BCUT2D eigenvalue weighted by Crippen LogP contribution is 2.38. The van der Waals surface area contributed by atoms with Crippen LogP contribution in [0.3, 0.4) is 0 Å². The van der Waals surface area contributed by atoms with Crippen molar-refractivity contribution in [3.05, 3.63) is 54.1 Å². The van der Waals surface area contributed by atoms with Crippen molar-refractivity contribution in [3.8, 4) is 17.2 Å². The lowest BCUT2D eigenvalue weighted by Gasteiger charge is -2.20. The average molecular weight is 397 g/mol. The molecule has 1 N–H and O–H groups in total. The van der Waals surface area contributed by atoms with E-state index in [2.05, 4.69) is 26.0 Å². The summed E-state index contributed by atoms with van der Waals surface area (Å²) >= 11 is 0. The second-order valence-corrected chi connectivity index (χ2v) is 8.21. The number of phenols is 1. The Morgan fingerprint density at radius 1 is 0.655 bits per heavy atom. The van der Waals surface area contributed by atoms with Gasteiger partial charge in [0.05, 0.1) is 0 Å². The molecule has 2 aromatic carbocycles. The van der Waals surface area contributed by atoms with Crippen molar-refractivity contribution in [1.29, 1.82) is 0 Å². The minimum absolute atomic E-state index is 0.188. The Bertz CT molecular complexity index is 680. The molecule has 0 aliphatic rings. The van der Waals surface area contributed by atoms with E-state index in [9.17, 15) is 5.11 Å². The monoisotopic (exact) mass is 396 g/mol. The molecule has 0 aliphatic heterocycles. The molecule has 0 spiro atoms. The van der Waals surface area contributed by atoms with Gasteiger partial charge in [0.2, 0.25) is 0 Å². The van der Waals surface area contributed by atoms with Crippen molar-refractivity contribution in [2.75, 3.05) is 0 Å². The molecule has 2 rings (SSSR count). The molecular formula is C27H40O2. The van der Waals surface area contributed by atoms with Crippen molar-refractivity contribution in [3.63, 3.8) is 0 Å². The van der Waals surface area contributed by atoms with Crippen LogP contribution in [0.1, 0.15) is 102 Å². The highest BCUT2D eigenvalue weighted by molar-refractivity contribution is 5.45. The van der Waals surface area contributed by atoms with Crippen LogP contribution in [0.15, 0.2) is 48.5 Å². The number of para-hydroxylation sites is 3. The van der Waals surface area contributed by atoms with E-state index in [0.29, 0.717) is 11.7 Å². The van der Waals surface area contributed by atoms with E-state index in [1.807, 2.05) is 30.3 Å². The molecule has 1 atom stereocenters. The number of phenolic OH excluding ortho intramolecular Hbond substituents is 1. The zero-order chi connectivity index (χ0) is 20.7. The number of hydrogen-bond acceptors (Lipinski definition) is 2. The van der Waals surface area contributed by atoms with Gasteiger partial charge >= 0.3 is 0 Å². The molecule has 2 nitrogen and oxygen atoms in total. The third kappa shape index (κ3) is 8.51. The van der Waals surface area contributed by atoms with Crippen molar-refractivity contribution in [2.45, 2.75) is 96.8 Å². The summed E-state index contributed by atoms with van der Waals surface area (Å²) in [4.78, 5) is 0. The van der Waals surface area contributed by atoms with Crippen molar-refractivity contribution in [1.82, 2.24) is 0 Å². The third-order valence-corrected chi connectivity index (χ3v) is 5.74. The van der Waals surface area contributed by atoms with Crippen LogP contribution in [0.25, 0.3) is 0 Å². The summed E-state index contributed by atoms with van der Waals surface area (Å²) in [7, 11) is 0. The minimum Gasteiger partial charge on any atom is -0.504 e. The Balaban J connectivity index is 1.87. The van der Waals surface area contributed by atoms with E-state index in [1.165, 1.54) is 82.6 Å². The molecule has 0 fully saturated rings. The van der Waals surface area contributed by atoms with Gasteiger partial charge in [-0.05, 0) is 42.5 Å². The van der Waals surface area contributed by atoms with Gasteiger partial charge in [0, 0.05) is 0 Å². The number of ether oxygens (including phenoxy) is 1. The molecule has 0 amide bonds. The maximum absolute atomic E-state index is 10.1. The molecule has 0 radical (unpaired) electrons. The predicted octanol–water partition coefficient (Wildman–Crippen LogP) is 8.99. The molecule has 2 heteroatoms. The van der Waals surface area contributed by atoms with Crippen molar-refractivity contribution in [2.24, 2.45) is 0 Å². The fraction of sp³-hybridized carbons (Fsp3) is 0.556. The van der Waals surface area contributed by atoms with Gasteiger partial charge in [-0.1, -0.05) is 108 Å². The van der Waals surface area contributed by atoms with Gasteiger partial charge in [0.1, 0.15) is 5.75 Å². The molecule has 2 aromatic rings. The van der Waals surface area contributed by atoms with E-state index in [0.717, 1.165) is 5.75 Å². The van der Waals surface area contributed by atoms with Crippen LogP contribution in [0.2, 0.25) is 0 Å². The van der Waals surface area contributed by atoms with Gasteiger partial charge in [0.25, 0.3) is 0 Å². The first-order valence-corrected chi connectivity index (χ1v) is 11.8. The molecule has 0 heterocycles. The summed E-state index contributed by atoms with van der Waals surface area (Å²) in [5.41, 5.74) is 1.28. The van der Waals surface area contributed by atoms with Gasteiger partial charge in [-0.15, -0.1) is 0 Å². The zero-order valence-corrected chi connectivity index (χ0v) is 18.5.